The first-order valence-corrected chi connectivity index (χ1v) is 6.88. The minimum Gasteiger partial charge on any atom is -0.450 e. The van der Waals surface area contributed by atoms with Gasteiger partial charge in [0.05, 0.1) is 4.92 Å². The molecule has 0 amide bonds. The highest BCUT2D eigenvalue weighted by atomic mass is 16.6. The molecule has 1 N–H and O–H groups in total. The van der Waals surface area contributed by atoms with Crippen molar-refractivity contribution < 1.29 is 9.66 Å². The molecule has 0 spiro atoms. The highest BCUT2D eigenvalue weighted by Crippen LogP contribution is 2.38. The largest absolute Gasteiger partial charge is 0.450 e. The summed E-state index contributed by atoms with van der Waals surface area (Å²) in [5, 5.41) is 14.4. The van der Waals surface area contributed by atoms with Crippen LogP contribution in [-0.2, 0) is 0 Å². The van der Waals surface area contributed by atoms with Gasteiger partial charge in [0.15, 0.2) is 0 Å². The molecule has 0 aliphatic heterocycles. The van der Waals surface area contributed by atoms with Gasteiger partial charge in [-0.3, -0.25) is 10.1 Å². The van der Waals surface area contributed by atoms with Crippen LogP contribution in [0.3, 0.4) is 0 Å². The molecule has 0 atom stereocenters. The summed E-state index contributed by atoms with van der Waals surface area (Å²) in [4.78, 5) is 11.0. The zero-order chi connectivity index (χ0) is 15.2. The number of nitro benzene ring substituents is 1. The number of nitro groups is 1. The lowest BCUT2D eigenvalue weighted by molar-refractivity contribution is -0.384. The number of ether oxygens (including phenoxy) is 1. The van der Waals surface area contributed by atoms with E-state index < -0.39 is 4.92 Å². The van der Waals surface area contributed by atoms with E-state index in [2.05, 4.69) is 5.32 Å². The smallest absolute Gasteiger partial charge is 0.334 e. The van der Waals surface area contributed by atoms with E-state index in [1.54, 1.807) is 24.3 Å². The first-order valence-electron chi connectivity index (χ1n) is 6.88. The Morgan fingerprint density at radius 3 is 2.52 bits per heavy atom. The maximum absolute atomic E-state index is 11.4. The summed E-state index contributed by atoms with van der Waals surface area (Å²) < 4.78 is 5.74. The van der Waals surface area contributed by atoms with Crippen molar-refractivity contribution in [1.82, 2.24) is 0 Å². The predicted molar refractivity (Wildman–Crippen MR) is 83.1 cm³/mol. The molecule has 2 aromatic rings. The monoisotopic (exact) mass is 286 g/mol. The molecular weight excluding hydrogens is 268 g/mol. The van der Waals surface area contributed by atoms with Crippen molar-refractivity contribution in [3.05, 3.63) is 58.1 Å². The molecule has 0 heterocycles. The lowest BCUT2D eigenvalue weighted by atomic mass is 10.2. The number of benzene rings is 2. The van der Waals surface area contributed by atoms with Gasteiger partial charge in [-0.2, -0.15) is 0 Å². The van der Waals surface area contributed by atoms with Crippen LogP contribution in [0.1, 0.15) is 18.9 Å². The number of hydrogen-bond acceptors (Lipinski definition) is 4. The average Bonchev–Trinajstić information content (AvgIpc) is 2.47. The van der Waals surface area contributed by atoms with E-state index in [1.807, 2.05) is 32.0 Å². The van der Waals surface area contributed by atoms with Gasteiger partial charge in [-0.05, 0) is 37.1 Å². The summed E-state index contributed by atoms with van der Waals surface area (Å²) in [5.41, 5.74) is 1.38. The fourth-order valence-corrected chi connectivity index (χ4v) is 1.98. The number of para-hydroxylation sites is 2. The normalized spacial score (nSPS) is 10.2. The van der Waals surface area contributed by atoms with Gasteiger partial charge in [0.25, 0.3) is 0 Å². The van der Waals surface area contributed by atoms with Gasteiger partial charge in [-0.25, -0.2) is 0 Å². The summed E-state index contributed by atoms with van der Waals surface area (Å²) in [6.07, 6.45) is 0.889. The standard InChI is InChI=1S/C16H18N2O3/c1-3-11-17-13-8-6-10-15(16(13)18(19)20)21-14-9-5-4-7-12(14)2/h4-10,17H,3,11H2,1-2H3. The molecule has 5 nitrogen and oxygen atoms in total. The Bertz CT molecular complexity index is 641. The van der Waals surface area contributed by atoms with Crippen LogP contribution in [0, 0.1) is 17.0 Å². The van der Waals surface area contributed by atoms with Gasteiger partial charge in [0.1, 0.15) is 11.4 Å². The van der Waals surface area contributed by atoms with E-state index in [9.17, 15) is 10.1 Å². The van der Waals surface area contributed by atoms with Gasteiger partial charge in [0.2, 0.25) is 5.75 Å². The molecule has 0 radical (unpaired) electrons. The number of rotatable bonds is 6. The van der Waals surface area contributed by atoms with Crippen molar-refractivity contribution in [3.8, 4) is 11.5 Å². The molecule has 2 rings (SSSR count). The third-order valence-corrected chi connectivity index (χ3v) is 3.06. The molecular formula is C16H18N2O3. The van der Waals surface area contributed by atoms with E-state index in [-0.39, 0.29) is 11.4 Å². The summed E-state index contributed by atoms with van der Waals surface area (Å²) in [6, 6.07) is 12.5. The van der Waals surface area contributed by atoms with Gasteiger partial charge >= 0.3 is 5.69 Å². The fraction of sp³-hybridized carbons (Fsp3) is 0.250. The predicted octanol–water partition coefficient (Wildman–Crippen LogP) is 4.52. The second kappa shape index (κ2) is 6.74. The van der Waals surface area contributed by atoms with Crippen molar-refractivity contribution in [3.63, 3.8) is 0 Å². The molecule has 0 bridgehead atoms. The average molecular weight is 286 g/mol. The molecule has 2 aromatic carbocycles. The SMILES string of the molecule is CCCNc1cccc(Oc2ccccc2C)c1[N+](=O)[O-]. The topological polar surface area (TPSA) is 64.4 Å². The third-order valence-electron chi connectivity index (χ3n) is 3.06. The molecule has 0 aliphatic carbocycles. The molecule has 0 fully saturated rings. The number of nitrogens with one attached hydrogen (secondary N) is 1. The summed E-state index contributed by atoms with van der Waals surface area (Å²) in [7, 11) is 0. The second-order valence-electron chi connectivity index (χ2n) is 4.70. The van der Waals surface area contributed by atoms with E-state index >= 15 is 0 Å². The lowest BCUT2D eigenvalue weighted by Crippen LogP contribution is -2.04. The molecule has 110 valence electrons. The minimum absolute atomic E-state index is 0.0331. The molecule has 0 aromatic heterocycles. The lowest BCUT2D eigenvalue weighted by Gasteiger charge is -2.11. The Morgan fingerprint density at radius 1 is 1.14 bits per heavy atom. The minimum atomic E-state index is -0.411. The Morgan fingerprint density at radius 2 is 1.86 bits per heavy atom. The molecule has 0 saturated heterocycles. The molecule has 5 heteroatoms. The van der Waals surface area contributed by atoms with Crippen LogP contribution >= 0.6 is 0 Å². The Labute approximate surface area is 123 Å². The zero-order valence-electron chi connectivity index (χ0n) is 12.1. The maximum Gasteiger partial charge on any atom is 0.334 e. The van der Waals surface area contributed by atoms with Crippen molar-refractivity contribution in [2.75, 3.05) is 11.9 Å². The molecule has 0 unspecified atom stereocenters. The highest BCUT2D eigenvalue weighted by molar-refractivity contribution is 5.69. The number of nitrogens with zero attached hydrogens (tertiary/aromatic N) is 1. The van der Waals surface area contributed by atoms with Crippen molar-refractivity contribution in [2.24, 2.45) is 0 Å². The van der Waals surface area contributed by atoms with E-state index in [4.69, 9.17) is 4.74 Å². The number of anilines is 1. The molecule has 0 saturated carbocycles. The van der Waals surface area contributed by atoms with E-state index in [0.29, 0.717) is 18.0 Å². The van der Waals surface area contributed by atoms with E-state index in [1.165, 1.54) is 0 Å². The number of hydrogen-bond donors (Lipinski definition) is 1. The summed E-state index contributed by atoms with van der Waals surface area (Å²) >= 11 is 0. The van der Waals surface area contributed by atoms with E-state index in [0.717, 1.165) is 12.0 Å². The summed E-state index contributed by atoms with van der Waals surface area (Å²) in [5.74, 6) is 0.864. The van der Waals surface area contributed by atoms with Crippen molar-refractivity contribution >= 4 is 11.4 Å². The molecule has 0 aliphatic rings. The molecule has 21 heavy (non-hydrogen) atoms. The van der Waals surface area contributed by atoms with Crippen LogP contribution < -0.4 is 10.1 Å². The van der Waals surface area contributed by atoms with Gasteiger partial charge in [-0.15, -0.1) is 0 Å². The first-order chi connectivity index (χ1) is 10.1. The second-order valence-corrected chi connectivity index (χ2v) is 4.70. The number of aryl methyl sites for hydroxylation is 1. The van der Waals surface area contributed by atoms with Crippen molar-refractivity contribution in [1.29, 1.82) is 0 Å². The van der Waals surface area contributed by atoms with Crippen LogP contribution in [0.4, 0.5) is 11.4 Å². The zero-order valence-corrected chi connectivity index (χ0v) is 12.1. The van der Waals surface area contributed by atoms with Gasteiger partial charge < -0.3 is 10.1 Å². The van der Waals surface area contributed by atoms with Crippen LogP contribution in [0.2, 0.25) is 0 Å². The van der Waals surface area contributed by atoms with Crippen LogP contribution in [-0.4, -0.2) is 11.5 Å². The maximum atomic E-state index is 11.4. The van der Waals surface area contributed by atoms with Crippen molar-refractivity contribution in [2.45, 2.75) is 20.3 Å². The summed E-state index contributed by atoms with van der Waals surface area (Å²) in [6.45, 7) is 4.58. The van der Waals surface area contributed by atoms with Crippen LogP contribution in [0.5, 0.6) is 11.5 Å². The highest BCUT2D eigenvalue weighted by Gasteiger charge is 2.21. The van der Waals surface area contributed by atoms with Gasteiger partial charge in [-0.1, -0.05) is 31.2 Å². The Balaban J connectivity index is 2.39. The Hall–Kier alpha value is -2.56. The third kappa shape index (κ3) is 3.51. The fourth-order valence-electron chi connectivity index (χ4n) is 1.98. The Kier molecular flexibility index (Phi) is 4.77. The van der Waals surface area contributed by atoms with Crippen LogP contribution in [0.15, 0.2) is 42.5 Å². The van der Waals surface area contributed by atoms with Gasteiger partial charge in [0, 0.05) is 6.54 Å². The quantitative estimate of drug-likeness (QED) is 0.626. The van der Waals surface area contributed by atoms with Crippen LogP contribution in [0.25, 0.3) is 0 Å². The first kappa shape index (κ1) is 14.8.